The highest BCUT2D eigenvalue weighted by atomic mass is 16.5. The topological polar surface area (TPSA) is 43.7 Å². The van der Waals surface area contributed by atoms with Gasteiger partial charge in [-0.05, 0) is 37.1 Å². The highest BCUT2D eigenvalue weighted by molar-refractivity contribution is 5.97. The molecule has 4 rings (SSSR count). The van der Waals surface area contributed by atoms with Gasteiger partial charge in [0.25, 0.3) is 0 Å². The number of hydrogen-bond acceptors (Lipinski definition) is 4. The molecule has 0 aliphatic carbocycles. The minimum atomic E-state index is -0.290. The van der Waals surface area contributed by atoms with Crippen LogP contribution >= 0.6 is 0 Å². The van der Waals surface area contributed by atoms with Crippen LogP contribution in [-0.2, 0) is 23.1 Å². The minimum absolute atomic E-state index is 0.290. The summed E-state index contributed by atoms with van der Waals surface area (Å²) in [4.78, 5) is 14.3. The molecule has 0 amide bonds. The monoisotopic (exact) mass is 326 g/mol. The van der Waals surface area contributed by atoms with Crippen LogP contribution in [0.3, 0.4) is 0 Å². The number of esters is 1. The number of carbonyl (C=O) groups excluding carboxylic acids is 1. The van der Waals surface area contributed by atoms with Crippen molar-refractivity contribution in [1.82, 2.24) is 9.47 Å². The maximum Gasteiger partial charge on any atom is 0.337 e. The normalized spacial score (nSPS) is 18.0. The molecule has 1 aromatic heterocycles. The van der Waals surface area contributed by atoms with E-state index in [1.165, 1.54) is 18.4 Å². The third-order valence-electron chi connectivity index (χ3n) is 5.20. The average molecular weight is 326 g/mol. The number of fused-ring (bicyclic) bond motifs is 3. The van der Waals surface area contributed by atoms with Crippen LogP contribution in [0.5, 0.6) is 0 Å². The summed E-state index contributed by atoms with van der Waals surface area (Å²) in [6, 6.07) is 6.33. The average Bonchev–Trinajstić information content (AvgIpc) is 2.93. The number of aryl methyl sites for hydroxylation is 1. The number of methoxy groups -OCH3 is 1. The molecule has 0 N–H and O–H groups in total. The molecule has 0 spiro atoms. The van der Waals surface area contributed by atoms with Crippen LogP contribution < -0.4 is 0 Å². The van der Waals surface area contributed by atoms with Gasteiger partial charge in [0.15, 0.2) is 0 Å². The Bertz CT molecular complexity index is 816. The van der Waals surface area contributed by atoms with Gasteiger partial charge in [-0.1, -0.05) is 0 Å². The zero-order valence-electron chi connectivity index (χ0n) is 14.1. The van der Waals surface area contributed by atoms with Crippen LogP contribution in [-0.4, -0.2) is 41.8 Å². The van der Waals surface area contributed by atoms with Gasteiger partial charge in [0.05, 0.1) is 12.7 Å². The second-order valence-corrected chi connectivity index (χ2v) is 6.48. The number of ether oxygens (including phenoxy) is 2. The van der Waals surface area contributed by atoms with Crippen molar-refractivity contribution in [2.75, 3.05) is 20.3 Å². The lowest BCUT2D eigenvalue weighted by molar-refractivity contribution is 0.0473. The number of benzene rings is 1. The number of rotatable bonds is 2. The van der Waals surface area contributed by atoms with E-state index in [4.69, 9.17) is 9.47 Å². The highest BCUT2D eigenvalue weighted by Crippen LogP contribution is 2.33. The Morgan fingerprint density at radius 3 is 2.83 bits per heavy atom. The van der Waals surface area contributed by atoms with Crippen molar-refractivity contribution in [3.63, 3.8) is 0 Å². The molecule has 0 bridgehead atoms. The molecule has 24 heavy (non-hydrogen) atoms. The van der Waals surface area contributed by atoms with E-state index in [0.717, 1.165) is 43.5 Å². The van der Waals surface area contributed by atoms with Gasteiger partial charge in [0.2, 0.25) is 0 Å². The van der Waals surface area contributed by atoms with E-state index < -0.39 is 0 Å². The summed E-state index contributed by atoms with van der Waals surface area (Å²) >= 11 is 0. The van der Waals surface area contributed by atoms with Gasteiger partial charge in [-0.25, -0.2) is 4.79 Å². The summed E-state index contributed by atoms with van der Waals surface area (Å²) < 4.78 is 12.5. The quantitative estimate of drug-likeness (QED) is 0.796. The molecule has 0 saturated carbocycles. The van der Waals surface area contributed by atoms with Crippen LogP contribution in [0.1, 0.15) is 34.5 Å². The summed E-state index contributed by atoms with van der Waals surface area (Å²) in [5.41, 5.74) is 4.25. The second-order valence-electron chi connectivity index (χ2n) is 6.48. The Hall–Kier alpha value is -2.27. The van der Waals surface area contributed by atoms with Crippen molar-refractivity contribution in [3.8, 4) is 0 Å². The Kier molecular flexibility index (Phi) is 3.81. The summed E-state index contributed by atoms with van der Waals surface area (Å²) in [5.74, 6) is -0.290. The van der Waals surface area contributed by atoms with E-state index in [2.05, 4.69) is 28.8 Å². The van der Waals surface area contributed by atoms with Crippen molar-refractivity contribution < 1.29 is 14.3 Å². The highest BCUT2D eigenvalue weighted by Gasteiger charge is 2.25. The van der Waals surface area contributed by atoms with Gasteiger partial charge in [-0.2, -0.15) is 0 Å². The Labute approximate surface area is 141 Å². The lowest BCUT2D eigenvalue weighted by atomic mass is 10.0. The maximum atomic E-state index is 11.9. The number of nitrogens with zero attached hydrogens (tertiary/aromatic N) is 2. The molecule has 0 unspecified atom stereocenters. The SMILES string of the molecule is COC(=O)c1ccc2c(c1)c1c(n2C)C=CN(C2CCOCC2)C1. The van der Waals surface area contributed by atoms with E-state index >= 15 is 0 Å². The van der Waals surface area contributed by atoms with Crippen LogP contribution in [0.2, 0.25) is 0 Å². The Morgan fingerprint density at radius 1 is 1.29 bits per heavy atom. The molecular formula is C19H22N2O3. The first-order chi connectivity index (χ1) is 11.7. The fourth-order valence-electron chi connectivity index (χ4n) is 3.83. The smallest absolute Gasteiger partial charge is 0.337 e. The third kappa shape index (κ3) is 2.40. The molecule has 5 nitrogen and oxygen atoms in total. The number of carbonyl (C=O) groups is 1. The van der Waals surface area contributed by atoms with Gasteiger partial charge >= 0.3 is 5.97 Å². The Balaban J connectivity index is 1.75. The molecule has 5 heteroatoms. The molecular weight excluding hydrogens is 304 g/mol. The molecule has 1 fully saturated rings. The van der Waals surface area contributed by atoms with Crippen molar-refractivity contribution in [3.05, 3.63) is 41.2 Å². The zero-order valence-corrected chi connectivity index (χ0v) is 14.1. The molecule has 3 heterocycles. The van der Waals surface area contributed by atoms with Gasteiger partial charge in [-0.3, -0.25) is 0 Å². The predicted molar refractivity (Wildman–Crippen MR) is 92.7 cm³/mol. The van der Waals surface area contributed by atoms with Crippen molar-refractivity contribution >= 4 is 22.9 Å². The molecule has 1 saturated heterocycles. The third-order valence-corrected chi connectivity index (χ3v) is 5.20. The summed E-state index contributed by atoms with van der Waals surface area (Å²) in [6.45, 7) is 2.55. The van der Waals surface area contributed by atoms with Crippen LogP contribution in [0.15, 0.2) is 24.4 Å². The van der Waals surface area contributed by atoms with Crippen LogP contribution in [0, 0.1) is 0 Å². The van der Waals surface area contributed by atoms with E-state index in [0.29, 0.717) is 11.6 Å². The fraction of sp³-hybridized carbons (Fsp3) is 0.421. The number of hydrogen-bond donors (Lipinski definition) is 0. The molecule has 0 radical (unpaired) electrons. The van der Waals surface area contributed by atoms with Crippen molar-refractivity contribution in [2.45, 2.75) is 25.4 Å². The number of aromatic nitrogens is 1. The van der Waals surface area contributed by atoms with Crippen LogP contribution in [0.25, 0.3) is 17.0 Å². The first kappa shape index (κ1) is 15.3. The van der Waals surface area contributed by atoms with Crippen molar-refractivity contribution in [1.29, 1.82) is 0 Å². The Morgan fingerprint density at radius 2 is 2.08 bits per heavy atom. The molecule has 2 aromatic rings. The molecule has 0 atom stereocenters. The molecule has 1 aromatic carbocycles. The maximum absolute atomic E-state index is 11.9. The zero-order chi connectivity index (χ0) is 16.7. The first-order valence-corrected chi connectivity index (χ1v) is 8.40. The first-order valence-electron chi connectivity index (χ1n) is 8.40. The molecule has 2 aliphatic heterocycles. The fourth-order valence-corrected chi connectivity index (χ4v) is 3.83. The van der Waals surface area contributed by atoms with Gasteiger partial charge < -0.3 is 18.9 Å². The van der Waals surface area contributed by atoms with Gasteiger partial charge in [0.1, 0.15) is 0 Å². The minimum Gasteiger partial charge on any atom is -0.465 e. The molecule has 2 aliphatic rings. The standard InChI is InChI=1S/C19H22N2O3/c1-20-17-4-3-13(19(22)23-2)11-15(17)16-12-21(8-5-18(16)20)14-6-9-24-10-7-14/h3-5,8,11,14H,6-7,9-10,12H2,1-2H3. The molecule has 126 valence electrons. The van der Waals surface area contributed by atoms with Gasteiger partial charge in [-0.15, -0.1) is 0 Å². The summed E-state index contributed by atoms with van der Waals surface area (Å²) in [5, 5.41) is 1.14. The largest absolute Gasteiger partial charge is 0.465 e. The lowest BCUT2D eigenvalue weighted by Gasteiger charge is -2.35. The van der Waals surface area contributed by atoms with E-state index in [-0.39, 0.29) is 5.97 Å². The van der Waals surface area contributed by atoms with Gasteiger partial charge in [0, 0.05) is 61.2 Å². The van der Waals surface area contributed by atoms with E-state index in [9.17, 15) is 4.79 Å². The second kappa shape index (κ2) is 5.98. The summed E-state index contributed by atoms with van der Waals surface area (Å²) in [7, 11) is 3.50. The summed E-state index contributed by atoms with van der Waals surface area (Å²) in [6.07, 6.45) is 6.53. The van der Waals surface area contributed by atoms with E-state index in [1.807, 2.05) is 18.2 Å². The predicted octanol–water partition coefficient (Wildman–Crippen LogP) is 2.93. The van der Waals surface area contributed by atoms with Crippen LogP contribution in [0.4, 0.5) is 0 Å². The van der Waals surface area contributed by atoms with E-state index in [1.54, 1.807) is 0 Å². The van der Waals surface area contributed by atoms with Crippen molar-refractivity contribution in [2.24, 2.45) is 7.05 Å². The lowest BCUT2D eigenvalue weighted by Crippen LogP contribution is -2.36.